The molecule has 8 heteroatoms. The van der Waals surface area contributed by atoms with E-state index in [0.29, 0.717) is 0 Å². The summed E-state index contributed by atoms with van der Waals surface area (Å²) in [4.78, 5) is 25.0. The molecule has 0 bridgehead atoms. The van der Waals surface area contributed by atoms with Gasteiger partial charge in [-0.05, 0) is 0 Å². The quantitative estimate of drug-likeness (QED) is 0.588. The zero-order chi connectivity index (χ0) is 13.3. The number of nitrogens with zero attached hydrogens (tertiary/aromatic N) is 1. The Kier molecular flexibility index (Phi) is 3.50. The standard InChI is InChI=1S/C10H14N2O6/c1-17-6-3-12(10(16)11-9(6)15)8-2-5(14)7(4-13)18-8/h3,5,7-8,13-14H,2,4H2,1H3,(H,11,15,16)/t5-,7+,8+/m1/s1. The Balaban J connectivity index is 2.35. The number of hydrogen-bond donors (Lipinski definition) is 3. The second-order valence-corrected chi connectivity index (χ2v) is 3.98. The van der Waals surface area contributed by atoms with Gasteiger partial charge in [0.15, 0.2) is 0 Å². The van der Waals surface area contributed by atoms with Crippen molar-refractivity contribution in [2.45, 2.75) is 24.9 Å². The molecule has 1 aliphatic heterocycles. The molecule has 1 aromatic rings. The van der Waals surface area contributed by atoms with Crippen molar-refractivity contribution in [3.8, 4) is 5.75 Å². The zero-order valence-corrected chi connectivity index (χ0v) is 9.70. The van der Waals surface area contributed by atoms with Gasteiger partial charge in [-0.25, -0.2) is 4.79 Å². The number of H-pyrrole nitrogens is 1. The van der Waals surface area contributed by atoms with Crippen LogP contribution in [0, 0.1) is 0 Å². The fourth-order valence-corrected chi connectivity index (χ4v) is 1.88. The highest BCUT2D eigenvalue weighted by Gasteiger charge is 2.35. The molecule has 8 nitrogen and oxygen atoms in total. The van der Waals surface area contributed by atoms with Crippen molar-refractivity contribution in [1.29, 1.82) is 0 Å². The summed E-state index contributed by atoms with van der Waals surface area (Å²) >= 11 is 0. The lowest BCUT2D eigenvalue weighted by Crippen LogP contribution is -2.32. The van der Waals surface area contributed by atoms with Crippen molar-refractivity contribution in [2.75, 3.05) is 13.7 Å². The number of aromatic nitrogens is 2. The summed E-state index contributed by atoms with van der Waals surface area (Å²) in [6, 6.07) is 0. The highest BCUT2D eigenvalue weighted by Crippen LogP contribution is 2.27. The zero-order valence-electron chi connectivity index (χ0n) is 9.70. The maximum absolute atomic E-state index is 11.6. The summed E-state index contributed by atoms with van der Waals surface area (Å²) < 4.78 is 11.2. The lowest BCUT2D eigenvalue weighted by molar-refractivity contribution is -0.0460. The van der Waals surface area contributed by atoms with Crippen LogP contribution in [0.3, 0.4) is 0 Å². The number of rotatable bonds is 3. The number of aromatic amines is 1. The van der Waals surface area contributed by atoms with E-state index in [2.05, 4.69) is 4.98 Å². The van der Waals surface area contributed by atoms with Crippen LogP contribution in [0.1, 0.15) is 12.6 Å². The Hall–Kier alpha value is -1.64. The molecule has 0 amide bonds. The van der Waals surface area contributed by atoms with Gasteiger partial charge in [-0.1, -0.05) is 0 Å². The molecule has 2 heterocycles. The van der Waals surface area contributed by atoms with E-state index in [4.69, 9.17) is 14.6 Å². The maximum Gasteiger partial charge on any atom is 0.330 e. The maximum atomic E-state index is 11.6. The second kappa shape index (κ2) is 4.92. The van der Waals surface area contributed by atoms with Gasteiger partial charge in [-0.2, -0.15) is 0 Å². The molecule has 0 aromatic carbocycles. The minimum absolute atomic E-state index is 0.0276. The molecule has 2 rings (SSSR count). The van der Waals surface area contributed by atoms with Gasteiger partial charge in [-0.3, -0.25) is 14.3 Å². The minimum atomic E-state index is -0.857. The van der Waals surface area contributed by atoms with Crippen LogP contribution in [0.4, 0.5) is 0 Å². The monoisotopic (exact) mass is 258 g/mol. The summed E-state index contributed by atoms with van der Waals surface area (Å²) in [6.45, 7) is -0.340. The summed E-state index contributed by atoms with van der Waals surface area (Å²) in [5.41, 5.74) is -1.28. The normalized spacial score (nSPS) is 27.4. The van der Waals surface area contributed by atoms with Crippen LogP contribution >= 0.6 is 0 Å². The molecule has 0 saturated carbocycles. The molecular formula is C10H14N2O6. The van der Waals surface area contributed by atoms with Crippen molar-refractivity contribution in [3.63, 3.8) is 0 Å². The smallest absolute Gasteiger partial charge is 0.330 e. The molecule has 0 spiro atoms. The van der Waals surface area contributed by atoms with Crippen molar-refractivity contribution in [1.82, 2.24) is 9.55 Å². The van der Waals surface area contributed by atoms with Crippen LogP contribution in [0.25, 0.3) is 0 Å². The van der Waals surface area contributed by atoms with Crippen LogP contribution in [0.5, 0.6) is 5.75 Å². The van der Waals surface area contributed by atoms with Crippen molar-refractivity contribution >= 4 is 0 Å². The fraction of sp³-hybridized carbons (Fsp3) is 0.600. The van der Waals surface area contributed by atoms with Crippen LogP contribution in [0.2, 0.25) is 0 Å². The minimum Gasteiger partial charge on any atom is -0.490 e. The number of ether oxygens (including phenoxy) is 2. The van der Waals surface area contributed by atoms with Gasteiger partial charge in [0.05, 0.1) is 26.0 Å². The molecule has 18 heavy (non-hydrogen) atoms. The number of nitrogens with one attached hydrogen (secondary N) is 1. The third-order valence-corrected chi connectivity index (χ3v) is 2.85. The first-order chi connectivity index (χ1) is 8.56. The Bertz CT molecular complexity index is 536. The lowest BCUT2D eigenvalue weighted by Gasteiger charge is -2.14. The first kappa shape index (κ1) is 12.8. The van der Waals surface area contributed by atoms with E-state index in [1.165, 1.54) is 13.3 Å². The first-order valence-corrected chi connectivity index (χ1v) is 5.40. The molecule has 3 N–H and O–H groups in total. The predicted molar refractivity (Wildman–Crippen MR) is 59.5 cm³/mol. The topological polar surface area (TPSA) is 114 Å². The largest absolute Gasteiger partial charge is 0.490 e. The second-order valence-electron chi connectivity index (χ2n) is 3.98. The van der Waals surface area contributed by atoms with E-state index < -0.39 is 29.7 Å². The number of hydrogen-bond acceptors (Lipinski definition) is 6. The molecule has 0 aliphatic carbocycles. The Morgan fingerprint density at radius 1 is 1.61 bits per heavy atom. The molecule has 1 aliphatic rings. The van der Waals surface area contributed by atoms with Crippen molar-refractivity contribution in [2.24, 2.45) is 0 Å². The first-order valence-electron chi connectivity index (χ1n) is 5.40. The molecule has 3 atom stereocenters. The molecule has 1 aromatic heterocycles. The summed E-state index contributed by atoms with van der Waals surface area (Å²) in [5.74, 6) is -0.0276. The van der Waals surface area contributed by atoms with Gasteiger partial charge >= 0.3 is 5.69 Å². The summed E-state index contributed by atoms with van der Waals surface area (Å²) in [5, 5.41) is 18.5. The van der Waals surface area contributed by atoms with E-state index in [1.807, 2.05) is 0 Å². The van der Waals surface area contributed by atoms with Gasteiger partial charge in [0.1, 0.15) is 12.3 Å². The van der Waals surface area contributed by atoms with E-state index in [0.717, 1.165) is 4.57 Å². The van der Waals surface area contributed by atoms with E-state index in [1.54, 1.807) is 0 Å². The van der Waals surface area contributed by atoms with Crippen molar-refractivity contribution < 1.29 is 19.7 Å². The molecule has 1 saturated heterocycles. The lowest BCUT2D eigenvalue weighted by atomic mass is 10.2. The van der Waals surface area contributed by atoms with Gasteiger partial charge in [0.2, 0.25) is 5.75 Å². The summed E-state index contributed by atoms with van der Waals surface area (Å²) in [6.07, 6.45) is -0.960. The molecule has 100 valence electrons. The molecular weight excluding hydrogens is 244 g/mol. The number of aliphatic hydroxyl groups is 2. The highest BCUT2D eigenvalue weighted by atomic mass is 16.5. The number of aliphatic hydroxyl groups excluding tert-OH is 2. The van der Waals surface area contributed by atoms with Crippen LogP contribution < -0.4 is 16.0 Å². The molecule has 0 radical (unpaired) electrons. The van der Waals surface area contributed by atoms with Gasteiger partial charge in [0.25, 0.3) is 5.56 Å². The Labute approximate surface area is 101 Å². The Morgan fingerprint density at radius 2 is 2.33 bits per heavy atom. The predicted octanol–water partition coefficient (Wildman–Crippen LogP) is -1.81. The van der Waals surface area contributed by atoms with Gasteiger partial charge < -0.3 is 19.7 Å². The van der Waals surface area contributed by atoms with Crippen molar-refractivity contribution in [3.05, 3.63) is 27.0 Å². The third-order valence-electron chi connectivity index (χ3n) is 2.85. The third kappa shape index (κ3) is 2.17. The highest BCUT2D eigenvalue weighted by molar-refractivity contribution is 5.12. The Morgan fingerprint density at radius 3 is 2.89 bits per heavy atom. The number of methoxy groups -OCH3 is 1. The fourth-order valence-electron chi connectivity index (χ4n) is 1.88. The van der Waals surface area contributed by atoms with Gasteiger partial charge in [-0.15, -0.1) is 0 Å². The summed E-state index contributed by atoms with van der Waals surface area (Å²) in [7, 11) is 1.31. The SMILES string of the molecule is COc1cn([C@@H]2C[C@@H](O)[C@H](CO)O2)c(=O)[nH]c1=O. The average molecular weight is 258 g/mol. The van der Waals surface area contributed by atoms with Crippen LogP contribution in [0.15, 0.2) is 15.8 Å². The van der Waals surface area contributed by atoms with Gasteiger partial charge in [0, 0.05) is 6.42 Å². The van der Waals surface area contributed by atoms with Crippen LogP contribution in [-0.4, -0.2) is 45.7 Å². The molecule has 1 fully saturated rings. The van der Waals surface area contributed by atoms with E-state index in [9.17, 15) is 14.7 Å². The van der Waals surface area contributed by atoms with Crippen LogP contribution in [-0.2, 0) is 4.74 Å². The average Bonchev–Trinajstić information content (AvgIpc) is 2.70. The molecule has 0 unspecified atom stereocenters. The van der Waals surface area contributed by atoms with E-state index >= 15 is 0 Å². The van der Waals surface area contributed by atoms with E-state index in [-0.39, 0.29) is 18.8 Å².